The van der Waals surface area contributed by atoms with Gasteiger partial charge >= 0.3 is 5.97 Å². The number of rotatable bonds is 4. The van der Waals surface area contributed by atoms with Gasteiger partial charge in [0.2, 0.25) is 5.78 Å². The summed E-state index contributed by atoms with van der Waals surface area (Å²) in [7, 11) is 3.58. The first-order chi connectivity index (χ1) is 14.5. The Morgan fingerprint density at radius 3 is 2.77 bits per heavy atom. The number of hydrogen-bond acceptors (Lipinski definition) is 5. The zero-order chi connectivity index (χ0) is 21.0. The van der Waals surface area contributed by atoms with Gasteiger partial charge in [-0.05, 0) is 56.2 Å². The SMILES string of the molecule is COc1ccc2c(c1)c(C=C1Oc3c(ccc(OC(=O)C4CC4)c3C)C1=O)cn2C. The maximum Gasteiger partial charge on any atom is 0.314 e. The quantitative estimate of drug-likeness (QED) is 0.366. The van der Waals surface area contributed by atoms with E-state index < -0.39 is 0 Å². The maximum atomic E-state index is 12.9. The first-order valence-corrected chi connectivity index (χ1v) is 9.89. The highest BCUT2D eigenvalue weighted by atomic mass is 16.5. The molecule has 2 aliphatic rings. The molecule has 6 heteroatoms. The third-order valence-electron chi connectivity index (χ3n) is 5.67. The van der Waals surface area contributed by atoms with Crippen LogP contribution in [0.2, 0.25) is 0 Å². The van der Waals surface area contributed by atoms with Crippen molar-refractivity contribution in [1.29, 1.82) is 0 Å². The van der Waals surface area contributed by atoms with Crippen LogP contribution in [0.5, 0.6) is 17.2 Å². The van der Waals surface area contributed by atoms with E-state index in [2.05, 4.69) is 0 Å². The van der Waals surface area contributed by atoms with Gasteiger partial charge in [0.25, 0.3) is 0 Å². The molecule has 0 N–H and O–H groups in total. The molecule has 5 rings (SSSR count). The van der Waals surface area contributed by atoms with Gasteiger partial charge in [-0.1, -0.05) is 0 Å². The van der Waals surface area contributed by atoms with Gasteiger partial charge in [0, 0.05) is 35.3 Å². The third kappa shape index (κ3) is 2.96. The smallest absolute Gasteiger partial charge is 0.314 e. The summed E-state index contributed by atoms with van der Waals surface area (Å²) in [5, 5.41) is 0.965. The Morgan fingerprint density at radius 2 is 2.03 bits per heavy atom. The van der Waals surface area contributed by atoms with Crippen LogP contribution < -0.4 is 14.2 Å². The Hall–Kier alpha value is -3.54. The molecule has 30 heavy (non-hydrogen) atoms. The van der Waals surface area contributed by atoms with Crippen LogP contribution in [-0.4, -0.2) is 23.4 Å². The van der Waals surface area contributed by atoms with Crippen LogP contribution in [0.15, 0.2) is 42.3 Å². The van der Waals surface area contributed by atoms with E-state index in [-0.39, 0.29) is 23.4 Å². The summed E-state index contributed by atoms with van der Waals surface area (Å²) in [6.45, 7) is 1.80. The molecule has 152 valence electrons. The van der Waals surface area contributed by atoms with Crippen LogP contribution in [0.3, 0.4) is 0 Å². The first kappa shape index (κ1) is 18.5. The fraction of sp³-hybridized carbons (Fsp3) is 0.250. The summed E-state index contributed by atoms with van der Waals surface area (Å²) in [6.07, 6.45) is 5.45. The Kier molecular flexibility index (Phi) is 4.17. The van der Waals surface area contributed by atoms with Gasteiger partial charge in [-0.15, -0.1) is 0 Å². The number of allylic oxidation sites excluding steroid dienone is 1. The average Bonchev–Trinajstić information content (AvgIpc) is 3.49. The van der Waals surface area contributed by atoms with Crippen molar-refractivity contribution in [1.82, 2.24) is 4.57 Å². The van der Waals surface area contributed by atoms with Crippen LogP contribution in [0.25, 0.3) is 17.0 Å². The van der Waals surface area contributed by atoms with E-state index in [9.17, 15) is 9.59 Å². The second-order valence-electron chi connectivity index (χ2n) is 7.78. The highest BCUT2D eigenvalue weighted by molar-refractivity contribution is 6.15. The van der Waals surface area contributed by atoms with Crippen LogP contribution in [0.4, 0.5) is 0 Å². The molecule has 6 nitrogen and oxygen atoms in total. The lowest BCUT2D eigenvalue weighted by molar-refractivity contribution is -0.135. The van der Waals surface area contributed by atoms with Crippen LogP contribution in [-0.2, 0) is 11.8 Å². The van der Waals surface area contributed by atoms with E-state index in [0.29, 0.717) is 22.6 Å². The molecular weight excluding hydrogens is 382 g/mol. The molecule has 1 aromatic heterocycles. The van der Waals surface area contributed by atoms with Crippen molar-refractivity contribution in [3.8, 4) is 17.2 Å². The average molecular weight is 403 g/mol. The Morgan fingerprint density at radius 1 is 1.23 bits per heavy atom. The molecule has 1 aliphatic heterocycles. The van der Waals surface area contributed by atoms with E-state index in [1.54, 1.807) is 32.2 Å². The van der Waals surface area contributed by atoms with Gasteiger partial charge in [-0.25, -0.2) is 0 Å². The first-order valence-electron chi connectivity index (χ1n) is 9.89. The number of esters is 1. The molecule has 0 spiro atoms. The number of Topliss-reactive ketones (excluding diaryl/α,β-unsaturated/α-hetero) is 1. The molecule has 1 aliphatic carbocycles. The molecule has 0 atom stereocenters. The van der Waals surface area contributed by atoms with Gasteiger partial charge in [0.15, 0.2) is 5.76 Å². The molecule has 0 saturated heterocycles. The number of ketones is 1. The van der Waals surface area contributed by atoms with Gasteiger partial charge in [0.1, 0.15) is 17.2 Å². The fourth-order valence-corrected chi connectivity index (χ4v) is 3.77. The summed E-state index contributed by atoms with van der Waals surface area (Å²) >= 11 is 0. The van der Waals surface area contributed by atoms with Gasteiger partial charge in [-0.3, -0.25) is 9.59 Å². The second kappa shape index (κ2) is 6.76. The summed E-state index contributed by atoms with van der Waals surface area (Å²) < 4.78 is 18.8. The second-order valence-corrected chi connectivity index (χ2v) is 7.78. The number of aromatic nitrogens is 1. The standard InChI is InChI=1S/C24H21NO5/c1-13-20(30-24(27)14-4-5-14)9-7-17-22(26)21(29-23(13)17)10-15-12-25(2)19-8-6-16(28-3)11-18(15)19/h6-12,14H,4-5H2,1-3H3. The third-order valence-corrected chi connectivity index (χ3v) is 5.67. The molecule has 1 saturated carbocycles. The lowest BCUT2D eigenvalue weighted by Gasteiger charge is -2.09. The minimum Gasteiger partial charge on any atom is -0.497 e. The molecule has 3 aromatic rings. The number of methoxy groups -OCH3 is 1. The molecular formula is C24H21NO5. The molecule has 0 radical (unpaired) electrons. The maximum absolute atomic E-state index is 12.9. The molecule has 0 amide bonds. The summed E-state index contributed by atoms with van der Waals surface area (Å²) in [5.41, 5.74) is 3.01. The molecule has 1 fully saturated rings. The number of aryl methyl sites for hydroxylation is 1. The summed E-state index contributed by atoms with van der Waals surface area (Å²) in [6, 6.07) is 9.15. The van der Waals surface area contributed by atoms with E-state index in [1.807, 2.05) is 36.0 Å². The van der Waals surface area contributed by atoms with Crippen molar-refractivity contribution >= 4 is 28.7 Å². The lowest BCUT2D eigenvalue weighted by Crippen LogP contribution is -2.10. The van der Waals surface area contributed by atoms with E-state index in [1.165, 1.54) is 0 Å². The van der Waals surface area contributed by atoms with Gasteiger partial charge in [-0.2, -0.15) is 0 Å². The predicted octanol–water partition coefficient (Wildman–Crippen LogP) is 4.43. The van der Waals surface area contributed by atoms with Crippen molar-refractivity contribution in [2.24, 2.45) is 13.0 Å². The fourth-order valence-electron chi connectivity index (χ4n) is 3.77. The van der Waals surface area contributed by atoms with Crippen LogP contribution in [0.1, 0.15) is 34.3 Å². The number of benzene rings is 2. The Bertz CT molecular complexity index is 1250. The van der Waals surface area contributed by atoms with Crippen molar-refractivity contribution in [3.63, 3.8) is 0 Å². The highest BCUT2D eigenvalue weighted by Crippen LogP contribution is 2.41. The number of carbonyl (C=O) groups is 2. The van der Waals surface area contributed by atoms with Crippen molar-refractivity contribution in [3.05, 3.63) is 59.0 Å². The Balaban J connectivity index is 1.51. The summed E-state index contributed by atoms with van der Waals surface area (Å²) in [5.74, 6) is 1.47. The van der Waals surface area contributed by atoms with Gasteiger partial charge < -0.3 is 18.8 Å². The van der Waals surface area contributed by atoms with Crippen LogP contribution in [0, 0.1) is 12.8 Å². The number of hydrogen-bond donors (Lipinski definition) is 0. The summed E-state index contributed by atoms with van der Waals surface area (Å²) in [4.78, 5) is 25.0. The van der Waals surface area contributed by atoms with Gasteiger partial charge in [0.05, 0.1) is 18.6 Å². The Labute approximate surface area is 173 Å². The largest absolute Gasteiger partial charge is 0.497 e. The van der Waals surface area contributed by atoms with E-state index in [0.717, 1.165) is 35.1 Å². The molecule has 0 bridgehead atoms. The number of carbonyl (C=O) groups excluding carboxylic acids is 2. The number of nitrogens with zero attached hydrogens (tertiary/aromatic N) is 1. The van der Waals surface area contributed by atoms with Crippen molar-refractivity contribution in [2.45, 2.75) is 19.8 Å². The molecule has 2 aromatic carbocycles. The van der Waals surface area contributed by atoms with E-state index in [4.69, 9.17) is 14.2 Å². The monoisotopic (exact) mass is 403 g/mol. The number of ether oxygens (including phenoxy) is 3. The zero-order valence-corrected chi connectivity index (χ0v) is 17.0. The minimum atomic E-state index is -0.220. The van der Waals surface area contributed by atoms with Crippen molar-refractivity contribution in [2.75, 3.05) is 7.11 Å². The normalized spacial score (nSPS) is 16.6. The van der Waals surface area contributed by atoms with E-state index >= 15 is 0 Å². The zero-order valence-electron chi connectivity index (χ0n) is 17.0. The minimum absolute atomic E-state index is 0.000912. The molecule has 0 unspecified atom stereocenters. The lowest BCUT2D eigenvalue weighted by atomic mass is 10.1. The highest BCUT2D eigenvalue weighted by Gasteiger charge is 2.34. The van der Waals surface area contributed by atoms with Crippen molar-refractivity contribution < 1.29 is 23.8 Å². The van der Waals surface area contributed by atoms with Crippen LogP contribution >= 0.6 is 0 Å². The number of fused-ring (bicyclic) bond motifs is 2. The molecule has 2 heterocycles. The predicted molar refractivity (Wildman–Crippen MR) is 112 cm³/mol. The topological polar surface area (TPSA) is 66.8 Å².